The predicted molar refractivity (Wildman–Crippen MR) is 75.3 cm³/mol. The van der Waals surface area contributed by atoms with Gasteiger partial charge >= 0.3 is 0 Å². The summed E-state index contributed by atoms with van der Waals surface area (Å²) in [7, 11) is 0. The maximum Gasteiger partial charge on any atom is 0.196 e. The number of anilines is 1. The fourth-order valence-electron chi connectivity index (χ4n) is 2.64. The summed E-state index contributed by atoms with van der Waals surface area (Å²) in [5.74, 6) is 0.797. The number of hydrogen-bond acceptors (Lipinski definition) is 5. The van der Waals surface area contributed by atoms with Gasteiger partial charge < -0.3 is 9.64 Å². The lowest BCUT2D eigenvalue weighted by Crippen LogP contribution is -2.40. The molecule has 0 amide bonds. The van der Waals surface area contributed by atoms with Crippen molar-refractivity contribution >= 4 is 28.4 Å². The van der Waals surface area contributed by atoms with Gasteiger partial charge in [0.2, 0.25) is 0 Å². The Labute approximate surface area is 115 Å². The average Bonchev–Trinajstić information content (AvgIpc) is 2.99. The molecule has 3 rings (SSSR count). The molecular formula is C13H17N3O2S. The van der Waals surface area contributed by atoms with Gasteiger partial charge in [-0.25, -0.2) is 4.98 Å². The van der Waals surface area contributed by atoms with Gasteiger partial charge in [-0.1, -0.05) is 0 Å². The summed E-state index contributed by atoms with van der Waals surface area (Å²) < 4.78 is 7.56. The lowest BCUT2D eigenvalue weighted by atomic mass is 10.1. The quantitative estimate of drug-likeness (QED) is 0.805. The Kier molecular flexibility index (Phi) is 3.52. The third-order valence-electron chi connectivity index (χ3n) is 3.47. The number of imidazole rings is 1. The van der Waals surface area contributed by atoms with Crippen LogP contribution in [0, 0.1) is 0 Å². The van der Waals surface area contributed by atoms with Crippen molar-refractivity contribution in [3.05, 3.63) is 17.3 Å². The molecule has 0 saturated carbocycles. The van der Waals surface area contributed by atoms with Crippen molar-refractivity contribution in [1.82, 2.24) is 9.38 Å². The molecule has 0 spiro atoms. The molecule has 2 aromatic rings. The Morgan fingerprint density at radius 3 is 3.32 bits per heavy atom. The predicted octanol–water partition coefficient (Wildman–Crippen LogP) is 2.21. The second-order valence-electron chi connectivity index (χ2n) is 4.66. The number of rotatable bonds is 4. The van der Waals surface area contributed by atoms with Gasteiger partial charge in [-0.15, -0.1) is 11.3 Å². The molecule has 102 valence electrons. The Morgan fingerprint density at radius 2 is 2.53 bits per heavy atom. The van der Waals surface area contributed by atoms with Gasteiger partial charge in [0.25, 0.3) is 0 Å². The van der Waals surface area contributed by atoms with E-state index in [1.807, 2.05) is 22.9 Å². The summed E-state index contributed by atoms with van der Waals surface area (Å²) in [5, 5.41) is 1.94. The number of nitrogens with zero attached hydrogens (tertiary/aromatic N) is 3. The molecule has 0 aliphatic carbocycles. The van der Waals surface area contributed by atoms with Crippen molar-refractivity contribution in [3.63, 3.8) is 0 Å². The van der Waals surface area contributed by atoms with E-state index in [1.54, 1.807) is 11.3 Å². The van der Waals surface area contributed by atoms with Gasteiger partial charge in [0, 0.05) is 31.3 Å². The summed E-state index contributed by atoms with van der Waals surface area (Å²) in [6, 6.07) is 0. The van der Waals surface area contributed by atoms with Gasteiger partial charge in [0.15, 0.2) is 17.1 Å². The molecule has 1 atom stereocenters. The van der Waals surface area contributed by atoms with Crippen molar-refractivity contribution < 1.29 is 9.53 Å². The van der Waals surface area contributed by atoms with E-state index in [2.05, 4.69) is 9.88 Å². The van der Waals surface area contributed by atoms with E-state index in [4.69, 9.17) is 4.74 Å². The van der Waals surface area contributed by atoms with Crippen LogP contribution in [-0.2, 0) is 4.74 Å². The van der Waals surface area contributed by atoms with Gasteiger partial charge in [0.1, 0.15) is 5.69 Å². The number of fused-ring (bicyclic) bond motifs is 1. The molecule has 3 heterocycles. The lowest BCUT2D eigenvalue weighted by Gasteiger charge is -2.32. The van der Waals surface area contributed by atoms with E-state index >= 15 is 0 Å². The molecule has 0 radical (unpaired) electrons. The Balaban J connectivity index is 1.90. The fraction of sp³-hybridized carbons (Fsp3) is 0.538. The molecule has 0 bridgehead atoms. The first-order chi connectivity index (χ1) is 9.33. The molecule has 1 saturated heterocycles. The van der Waals surface area contributed by atoms with Crippen LogP contribution < -0.4 is 4.90 Å². The van der Waals surface area contributed by atoms with E-state index in [0.717, 1.165) is 49.6 Å². The zero-order chi connectivity index (χ0) is 13.2. The number of aldehydes is 1. The number of ether oxygens (including phenoxy) is 1. The van der Waals surface area contributed by atoms with E-state index in [9.17, 15) is 4.79 Å². The number of thiazole rings is 1. The highest BCUT2D eigenvalue weighted by molar-refractivity contribution is 7.15. The third kappa shape index (κ3) is 2.26. The second kappa shape index (κ2) is 5.30. The normalized spacial score (nSPS) is 20.1. The number of aromatic nitrogens is 2. The van der Waals surface area contributed by atoms with Crippen molar-refractivity contribution in [1.29, 1.82) is 0 Å². The minimum absolute atomic E-state index is 0.248. The van der Waals surface area contributed by atoms with Crippen LogP contribution in [-0.4, -0.2) is 41.5 Å². The standard InChI is InChI=1S/C13H17N3O2S/c1-2-18-10-4-3-5-15(8-10)12-11(9-17)16-6-7-19-13(16)14-12/h6-7,9-10H,2-5,8H2,1H3. The van der Waals surface area contributed by atoms with Crippen molar-refractivity contribution in [3.8, 4) is 0 Å². The highest BCUT2D eigenvalue weighted by atomic mass is 32.1. The van der Waals surface area contributed by atoms with Gasteiger partial charge in [-0.2, -0.15) is 0 Å². The molecule has 1 aliphatic heterocycles. The summed E-state index contributed by atoms with van der Waals surface area (Å²) in [6.07, 6.45) is 5.20. The first kappa shape index (κ1) is 12.6. The minimum Gasteiger partial charge on any atom is -0.377 e. The van der Waals surface area contributed by atoms with Crippen LogP contribution in [0.5, 0.6) is 0 Å². The Bertz CT molecular complexity index is 575. The third-order valence-corrected chi connectivity index (χ3v) is 4.23. The highest BCUT2D eigenvalue weighted by Crippen LogP contribution is 2.26. The summed E-state index contributed by atoms with van der Waals surface area (Å²) in [5.41, 5.74) is 0.647. The molecule has 1 unspecified atom stereocenters. The molecule has 0 aromatic carbocycles. The van der Waals surface area contributed by atoms with Crippen LogP contribution in [0.1, 0.15) is 30.3 Å². The SMILES string of the molecule is CCOC1CCCN(c2nc3sccn3c2C=O)C1. The molecule has 6 heteroatoms. The van der Waals surface area contributed by atoms with E-state index < -0.39 is 0 Å². The van der Waals surface area contributed by atoms with Gasteiger partial charge in [-0.05, 0) is 19.8 Å². The largest absolute Gasteiger partial charge is 0.377 e. The summed E-state index contributed by atoms with van der Waals surface area (Å²) in [4.78, 5) is 19.0. The van der Waals surface area contributed by atoms with Crippen molar-refractivity contribution in [2.24, 2.45) is 0 Å². The zero-order valence-corrected chi connectivity index (χ0v) is 11.7. The Morgan fingerprint density at radius 1 is 1.63 bits per heavy atom. The zero-order valence-electron chi connectivity index (χ0n) is 10.9. The molecule has 19 heavy (non-hydrogen) atoms. The molecule has 1 aliphatic rings. The van der Waals surface area contributed by atoms with Crippen LogP contribution in [0.4, 0.5) is 5.82 Å². The maximum absolute atomic E-state index is 11.3. The number of carbonyl (C=O) groups is 1. The van der Waals surface area contributed by atoms with E-state index in [0.29, 0.717) is 5.69 Å². The molecule has 5 nitrogen and oxygen atoms in total. The number of carbonyl (C=O) groups excluding carboxylic acids is 1. The first-order valence-corrected chi connectivity index (χ1v) is 7.48. The summed E-state index contributed by atoms with van der Waals surface area (Å²) >= 11 is 1.55. The number of hydrogen-bond donors (Lipinski definition) is 0. The monoisotopic (exact) mass is 279 g/mol. The van der Waals surface area contributed by atoms with Crippen LogP contribution >= 0.6 is 11.3 Å². The van der Waals surface area contributed by atoms with Crippen molar-refractivity contribution in [2.45, 2.75) is 25.9 Å². The van der Waals surface area contributed by atoms with E-state index in [1.165, 1.54) is 0 Å². The van der Waals surface area contributed by atoms with Gasteiger partial charge in [-0.3, -0.25) is 9.20 Å². The summed E-state index contributed by atoms with van der Waals surface area (Å²) in [6.45, 7) is 4.51. The fourth-order valence-corrected chi connectivity index (χ4v) is 3.35. The van der Waals surface area contributed by atoms with Crippen LogP contribution in [0.25, 0.3) is 4.96 Å². The van der Waals surface area contributed by atoms with Crippen molar-refractivity contribution in [2.75, 3.05) is 24.6 Å². The minimum atomic E-state index is 0.248. The molecule has 2 aromatic heterocycles. The smallest absolute Gasteiger partial charge is 0.196 e. The highest BCUT2D eigenvalue weighted by Gasteiger charge is 2.25. The maximum atomic E-state index is 11.3. The van der Waals surface area contributed by atoms with Crippen LogP contribution in [0.2, 0.25) is 0 Å². The lowest BCUT2D eigenvalue weighted by molar-refractivity contribution is 0.0525. The number of piperidine rings is 1. The average molecular weight is 279 g/mol. The first-order valence-electron chi connectivity index (χ1n) is 6.60. The van der Waals surface area contributed by atoms with Gasteiger partial charge in [0.05, 0.1) is 6.10 Å². The molecule has 1 fully saturated rings. The van der Waals surface area contributed by atoms with Crippen LogP contribution in [0.15, 0.2) is 11.6 Å². The second-order valence-corrected chi connectivity index (χ2v) is 5.53. The van der Waals surface area contributed by atoms with Crippen LogP contribution in [0.3, 0.4) is 0 Å². The Hall–Kier alpha value is -1.40. The topological polar surface area (TPSA) is 46.8 Å². The molecular weight excluding hydrogens is 262 g/mol. The van der Waals surface area contributed by atoms with E-state index in [-0.39, 0.29) is 6.10 Å². The molecule has 0 N–H and O–H groups in total.